The second-order valence-electron chi connectivity index (χ2n) is 9.76. The van der Waals surface area contributed by atoms with Crippen molar-refractivity contribution in [3.05, 3.63) is 71.2 Å². The third kappa shape index (κ3) is 4.67. The number of nitrogens with one attached hydrogen (secondary N) is 3. The minimum atomic E-state index is -0.362. The summed E-state index contributed by atoms with van der Waals surface area (Å²) in [4.78, 5) is 45.6. The highest BCUT2D eigenvalue weighted by molar-refractivity contribution is 7.21. The quantitative estimate of drug-likeness (QED) is 0.283. The standard InChI is InChI=1S/C29H27N5O4S/c1-16-15-19(38-18-7-4-3-5-8-18)11-12-22(16)34-23-13-14-30-28-24(23)25(33-29(34)37)26(39-28)27(36)32-21-10-6-9-20(21)31-17(2)35/h3-5,7-8,11-15,20-21H,6,9-10H2,1-2H3,(H,31,35)(H,32,36)(H,33,37)/t20-,21+/m1/s1. The maximum Gasteiger partial charge on any atom is 0.331 e. The van der Waals surface area contributed by atoms with Crippen molar-refractivity contribution in [2.75, 3.05) is 10.2 Å². The molecule has 0 bridgehead atoms. The summed E-state index contributed by atoms with van der Waals surface area (Å²) in [6.07, 6.45) is 4.16. The van der Waals surface area contributed by atoms with E-state index in [1.54, 1.807) is 17.2 Å². The van der Waals surface area contributed by atoms with Crippen LogP contribution in [0.3, 0.4) is 0 Å². The second-order valence-corrected chi connectivity index (χ2v) is 10.8. The number of pyridine rings is 1. The van der Waals surface area contributed by atoms with E-state index in [1.807, 2.05) is 55.5 Å². The summed E-state index contributed by atoms with van der Waals surface area (Å²) < 4.78 is 5.96. The Balaban J connectivity index is 1.31. The number of aromatic nitrogens is 1. The molecule has 2 aromatic heterocycles. The first-order valence-corrected chi connectivity index (χ1v) is 13.6. The lowest BCUT2D eigenvalue weighted by molar-refractivity contribution is -0.119. The van der Waals surface area contributed by atoms with Crippen LogP contribution < -0.4 is 25.6 Å². The highest BCUT2D eigenvalue weighted by atomic mass is 32.1. The molecule has 9 nitrogen and oxygen atoms in total. The number of aryl methyl sites for hydroxylation is 1. The SMILES string of the molecule is CC(=O)N[C@@H]1CCC[C@@H]1NC(=O)c1sc2nccc3c2c1NC(=O)N3c1ccc(Oc2ccccc2)cc1C. The molecule has 1 aliphatic heterocycles. The summed E-state index contributed by atoms with van der Waals surface area (Å²) >= 11 is 1.24. The first kappa shape index (κ1) is 24.9. The van der Waals surface area contributed by atoms with Crippen molar-refractivity contribution >= 4 is 56.5 Å². The van der Waals surface area contributed by atoms with Crippen LogP contribution in [0.1, 0.15) is 41.4 Å². The highest BCUT2D eigenvalue weighted by Crippen LogP contribution is 2.46. The first-order valence-electron chi connectivity index (χ1n) is 12.8. The molecule has 39 heavy (non-hydrogen) atoms. The van der Waals surface area contributed by atoms with E-state index in [0.717, 1.165) is 36.0 Å². The molecule has 1 saturated carbocycles. The van der Waals surface area contributed by atoms with Crippen LogP contribution in [-0.4, -0.2) is 34.9 Å². The zero-order chi connectivity index (χ0) is 27.1. The van der Waals surface area contributed by atoms with E-state index in [1.165, 1.54) is 18.3 Å². The zero-order valence-electron chi connectivity index (χ0n) is 21.5. The first-order chi connectivity index (χ1) is 18.9. The second kappa shape index (κ2) is 10.0. The van der Waals surface area contributed by atoms with Crippen molar-refractivity contribution in [1.29, 1.82) is 0 Å². The number of hydrogen-bond acceptors (Lipinski definition) is 6. The van der Waals surface area contributed by atoms with Gasteiger partial charge in [0.1, 0.15) is 21.2 Å². The third-order valence-electron chi connectivity index (χ3n) is 7.06. The minimum Gasteiger partial charge on any atom is -0.457 e. The average molecular weight is 542 g/mol. The number of urea groups is 1. The van der Waals surface area contributed by atoms with Crippen LogP contribution in [0.5, 0.6) is 11.5 Å². The van der Waals surface area contributed by atoms with Gasteiger partial charge < -0.3 is 20.7 Å². The van der Waals surface area contributed by atoms with Gasteiger partial charge in [-0.3, -0.25) is 14.5 Å². The van der Waals surface area contributed by atoms with E-state index in [4.69, 9.17) is 4.74 Å². The van der Waals surface area contributed by atoms with E-state index in [-0.39, 0.29) is 29.9 Å². The van der Waals surface area contributed by atoms with Crippen molar-refractivity contribution in [3.8, 4) is 11.5 Å². The van der Waals surface area contributed by atoms with Gasteiger partial charge in [0.15, 0.2) is 0 Å². The van der Waals surface area contributed by atoms with Gasteiger partial charge in [0.2, 0.25) is 5.91 Å². The van der Waals surface area contributed by atoms with Gasteiger partial charge >= 0.3 is 6.03 Å². The summed E-state index contributed by atoms with van der Waals surface area (Å²) in [5.41, 5.74) is 2.68. The monoisotopic (exact) mass is 541 g/mol. The number of hydrogen-bond donors (Lipinski definition) is 3. The van der Waals surface area contributed by atoms with E-state index in [9.17, 15) is 14.4 Å². The number of nitrogens with zero attached hydrogens (tertiary/aromatic N) is 2. The van der Waals surface area contributed by atoms with Crippen LogP contribution >= 0.6 is 11.3 Å². The average Bonchev–Trinajstić information content (AvgIpc) is 3.50. The molecule has 0 spiro atoms. The molecular weight excluding hydrogens is 514 g/mol. The smallest absolute Gasteiger partial charge is 0.331 e. The fourth-order valence-electron chi connectivity index (χ4n) is 5.35. The van der Waals surface area contributed by atoms with Gasteiger partial charge in [0.25, 0.3) is 5.91 Å². The van der Waals surface area contributed by atoms with E-state index in [2.05, 4.69) is 20.9 Å². The van der Waals surface area contributed by atoms with Gasteiger partial charge in [-0.05, 0) is 68.1 Å². The van der Waals surface area contributed by atoms with Gasteiger partial charge in [-0.25, -0.2) is 9.78 Å². The van der Waals surface area contributed by atoms with Crippen molar-refractivity contribution in [2.24, 2.45) is 0 Å². The maximum absolute atomic E-state index is 13.5. The summed E-state index contributed by atoms with van der Waals surface area (Å²) in [6.45, 7) is 3.40. The number of benzene rings is 2. The summed E-state index contributed by atoms with van der Waals surface area (Å²) in [5.74, 6) is 0.994. The zero-order valence-corrected chi connectivity index (χ0v) is 22.3. The fourth-order valence-corrected chi connectivity index (χ4v) is 6.37. The largest absolute Gasteiger partial charge is 0.457 e. The lowest BCUT2D eigenvalue weighted by atomic mass is 10.1. The van der Waals surface area contributed by atoms with Crippen molar-refractivity contribution in [2.45, 2.75) is 45.2 Å². The molecule has 1 aliphatic carbocycles. The van der Waals surface area contributed by atoms with Gasteiger partial charge in [-0.15, -0.1) is 11.3 Å². The number of carbonyl (C=O) groups excluding carboxylic acids is 3. The van der Waals surface area contributed by atoms with Crippen molar-refractivity contribution < 1.29 is 19.1 Å². The number of ether oxygens (including phenoxy) is 1. The van der Waals surface area contributed by atoms with E-state index >= 15 is 0 Å². The number of carbonyl (C=O) groups is 3. The molecule has 198 valence electrons. The van der Waals surface area contributed by atoms with Crippen LogP contribution in [0.4, 0.5) is 21.9 Å². The Morgan fingerprint density at radius 3 is 2.54 bits per heavy atom. The Kier molecular flexibility index (Phi) is 6.40. The summed E-state index contributed by atoms with van der Waals surface area (Å²) in [6, 6.07) is 16.2. The molecule has 6 rings (SSSR count). The molecule has 2 aliphatic rings. The van der Waals surface area contributed by atoms with Crippen LogP contribution in [0.15, 0.2) is 60.8 Å². The Morgan fingerprint density at radius 2 is 1.79 bits per heavy atom. The fraction of sp³-hybridized carbons (Fsp3) is 0.241. The Hall–Kier alpha value is -4.44. The van der Waals surface area contributed by atoms with Crippen molar-refractivity contribution in [3.63, 3.8) is 0 Å². The predicted octanol–water partition coefficient (Wildman–Crippen LogP) is 5.87. The van der Waals surface area contributed by atoms with Crippen LogP contribution in [0, 0.1) is 6.92 Å². The Bertz CT molecular complexity index is 1600. The summed E-state index contributed by atoms with van der Waals surface area (Å²) in [7, 11) is 0. The molecule has 2 atom stereocenters. The lowest BCUT2D eigenvalue weighted by Crippen LogP contribution is -2.48. The topological polar surface area (TPSA) is 113 Å². The van der Waals surface area contributed by atoms with Crippen LogP contribution in [0.25, 0.3) is 10.2 Å². The van der Waals surface area contributed by atoms with Crippen LogP contribution in [-0.2, 0) is 4.79 Å². The number of para-hydroxylation sites is 1. The number of rotatable bonds is 6. The molecule has 0 unspecified atom stereocenters. The Labute approximate surface area is 229 Å². The summed E-state index contributed by atoms with van der Waals surface area (Å²) in [5, 5.41) is 9.67. The molecule has 3 heterocycles. The predicted molar refractivity (Wildman–Crippen MR) is 151 cm³/mol. The van der Waals surface area contributed by atoms with Gasteiger partial charge in [0, 0.05) is 25.2 Å². The molecular formula is C29H27N5O4S. The third-order valence-corrected chi connectivity index (χ3v) is 8.16. The van der Waals surface area contributed by atoms with Gasteiger partial charge in [-0.2, -0.15) is 0 Å². The van der Waals surface area contributed by atoms with Crippen LogP contribution in [0.2, 0.25) is 0 Å². The molecule has 10 heteroatoms. The number of thiophene rings is 1. The van der Waals surface area contributed by atoms with Gasteiger partial charge in [-0.1, -0.05) is 18.2 Å². The number of anilines is 3. The molecule has 0 saturated heterocycles. The molecule has 1 fully saturated rings. The number of amides is 4. The Morgan fingerprint density at radius 1 is 1.03 bits per heavy atom. The normalized spacial score (nSPS) is 18.1. The minimum absolute atomic E-state index is 0.104. The maximum atomic E-state index is 13.5. The highest BCUT2D eigenvalue weighted by Gasteiger charge is 2.35. The molecule has 2 aromatic carbocycles. The van der Waals surface area contributed by atoms with Gasteiger partial charge in [0.05, 0.1) is 22.4 Å². The van der Waals surface area contributed by atoms with Crippen molar-refractivity contribution in [1.82, 2.24) is 15.6 Å². The molecule has 4 aromatic rings. The van der Waals surface area contributed by atoms with E-state index < -0.39 is 0 Å². The lowest BCUT2D eigenvalue weighted by Gasteiger charge is -2.29. The van der Waals surface area contributed by atoms with E-state index in [0.29, 0.717) is 32.5 Å². The molecule has 0 radical (unpaired) electrons. The molecule has 4 amide bonds. The molecule has 3 N–H and O–H groups in total.